The van der Waals surface area contributed by atoms with Crippen molar-refractivity contribution in [3.8, 4) is 0 Å². The second-order valence-electron chi connectivity index (χ2n) is 6.36. The molecule has 4 nitrogen and oxygen atoms in total. The highest BCUT2D eigenvalue weighted by Gasteiger charge is 3.32. The van der Waals surface area contributed by atoms with Gasteiger partial charge in [0.2, 0.25) is 0 Å². The van der Waals surface area contributed by atoms with Crippen LogP contribution in [0.2, 0.25) is 0 Å². The molecule has 2 spiro atoms. The van der Waals surface area contributed by atoms with Gasteiger partial charge in [0.1, 0.15) is 0 Å². The molecule has 90 valence electrons. The lowest BCUT2D eigenvalue weighted by Crippen LogP contribution is -2.37. The molecule has 5 aliphatic rings. The van der Waals surface area contributed by atoms with E-state index in [1.54, 1.807) is 0 Å². The Balaban J connectivity index is 1.45. The van der Waals surface area contributed by atoms with E-state index in [0.29, 0.717) is 11.8 Å². The lowest BCUT2D eigenvalue weighted by Gasteiger charge is -2.24. The van der Waals surface area contributed by atoms with E-state index in [9.17, 15) is 9.59 Å². The zero-order valence-corrected chi connectivity index (χ0v) is 9.86. The predicted molar refractivity (Wildman–Crippen MR) is 54.6 cm³/mol. The summed E-state index contributed by atoms with van der Waals surface area (Å²) in [6.07, 6.45) is 1.68. The number of carbonyl (C=O) groups is 2. The molecule has 0 radical (unpaired) electrons. The minimum atomic E-state index is -0.353. The van der Waals surface area contributed by atoms with E-state index in [1.165, 1.54) is 0 Å². The normalized spacial score (nSPS) is 63.4. The summed E-state index contributed by atoms with van der Waals surface area (Å²) in [4.78, 5) is 23.5. The first-order valence-corrected chi connectivity index (χ1v) is 6.55. The van der Waals surface area contributed by atoms with E-state index in [4.69, 9.17) is 9.47 Å². The van der Waals surface area contributed by atoms with Crippen LogP contribution >= 0.6 is 0 Å². The van der Waals surface area contributed by atoms with Gasteiger partial charge in [0.25, 0.3) is 0 Å². The molecule has 0 amide bonds. The minimum absolute atomic E-state index is 0.0490. The van der Waals surface area contributed by atoms with Crippen LogP contribution in [0.15, 0.2) is 0 Å². The molecule has 5 rings (SSSR count). The molecule has 4 saturated carbocycles. The molecule has 7 unspecified atom stereocenters. The number of esters is 2. The molecule has 0 aromatic rings. The van der Waals surface area contributed by atoms with Gasteiger partial charge in [-0.25, -0.2) is 0 Å². The SMILES string of the molecule is CCC(C)C(=O)OC12C3CC4C(=O)OC15C4C325. The molecule has 17 heavy (non-hydrogen) atoms. The third-order valence-corrected chi connectivity index (χ3v) is 6.25. The van der Waals surface area contributed by atoms with E-state index in [0.717, 1.165) is 12.8 Å². The highest BCUT2D eigenvalue weighted by Crippen LogP contribution is 3.16. The van der Waals surface area contributed by atoms with Crippen LogP contribution in [0.3, 0.4) is 0 Å². The van der Waals surface area contributed by atoms with Crippen molar-refractivity contribution in [1.29, 1.82) is 0 Å². The Morgan fingerprint density at radius 1 is 1.65 bits per heavy atom. The third kappa shape index (κ3) is 0.483. The maximum Gasteiger partial charge on any atom is 0.310 e. The number of ether oxygens (including phenoxy) is 2. The van der Waals surface area contributed by atoms with Crippen molar-refractivity contribution in [2.45, 2.75) is 37.9 Å². The Morgan fingerprint density at radius 2 is 2.41 bits per heavy atom. The van der Waals surface area contributed by atoms with Gasteiger partial charge in [-0.05, 0) is 12.8 Å². The molecule has 0 aromatic carbocycles. The van der Waals surface area contributed by atoms with Crippen LogP contribution in [-0.4, -0.2) is 23.1 Å². The van der Waals surface area contributed by atoms with Crippen LogP contribution in [0.1, 0.15) is 26.7 Å². The number of hydrogen-bond acceptors (Lipinski definition) is 4. The minimum Gasteiger partial charge on any atom is -0.453 e. The van der Waals surface area contributed by atoms with Crippen LogP contribution in [0.4, 0.5) is 0 Å². The van der Waals surface area contributed by atoms with Gasteiger partial charge >= 0.3 is 11.9 Å². The maximum absolute atomic E-state index is 11.9. The number of hydrogen-bond donors (Lipinski definition) is 0. The highest BCUT2D eigenvalue weighted by molar-refractivity contribution is 5.94. The highest BCUT2D eigenvalue weighted by atomic mass is 16.7. The summed E-state index contributed by atoms with van der Waals surface area (Å²) >= 11 is 0. The lowest BCUT2D eigenvalue weighted by atomic mass is 9.88. The average molecular weight is 234 g/mol. The van der Waals surface area contributed by atoms with Gasteiger partial charge in [0.05, 0.1) is 17.3 Å². The zero-order valence-electron chi connectivity index (χ0n) is 9.86. The fraction of sp³-hybridized carbons (Fsp3) is 0.846. The van der Waals surface area contributed by atoms with Crippen molar-refractivity contribution in [3.63, 3.8) is 0 Å². The van der Waals surface area contributed by atoms with Crippen molar-refractivity contribution in [2.75, 3.05) is 0 Å². The smallest absolute Gasteiger partial charge is 0.310 e. The summed E-state index contributed by atoms with van der Waals surface area (Å²) in [5.41, 5.74) is -0.566. The van der Waals surface area contributed by atoms with Gasteiger partial charge in [-0.15, -0.1) is 0 Å². The van der Waals surface area contributed by atoms with Gasteiger partial charge in [0.15, 0.2) is 11.2 Å². The van der Waals surface area contributed by atoms with Crippen LogP contribution in [0, 0.1) is 29.1 Å². The van der Waals surface area contributed by atoms with Crippen molar-refractivity contribution in [2.24, 2.45) is 29.1 Å². The fourth-order valence-electron chi connectivity index (χ4n) is 5.38. The average Bonchev–Trinajstić information content (AvgIpc) is 3.13. The summed E-state index contributed by atoms with van der Waals surface area (Å²) in [5.74, 6) is 0.749. The summed E-state index contributed by atoms with van der Waals surface area (Å²) in [6, 6.07) is 0. The van der Waals surface area contributed by atoms with Crippen molar-refractivity contribution in [1.82, 2.24) is 0 Å². The maximum atomic E-state index is 11.9. The zero-order chi connectivity index (χ0) is 11.8. The van der Waals surface area contributed by atoms with Gasteiger partial charge in [0, 0.05) is 11.8 Å². The first-order chi connectivity index (χ1) is 8.09. The van der Waals surface area contributed by atoms with E-state index in [1.807, 2.05) is 13.8 Å². The van der Waals surface area contributed by atoms with Crippen molar-refractivity contribution in [3.05, 3.63) is 0 Å². The fourth-order valence-corrected chi connectivity index (χ4v) is 5.38. The molecule has 1 saturated heterocycles. The second kappa shape index (κ2) is 1.91. The largest absolute Gasteiger partial charge is 0.453 e. The summed E-state index contributed by atoms with van der Waals surface area (Å²) in [5, 5.41) is 0. The topological polar surface area (TPSA) is 52.6 Å². The molecule has 0 bridgehead atoms. The Bertz CT molecular complexity index is 514. The molecular formula is C13H14O4. The number of carbonyl (C=O) groups excluding carboxylic acids is 2. The Kier molecular flexibility index (Phi) is 1.01. The monoisotopic (exact) mass is 234 g/mol. The third-order valence-electron chi connectivity index (χ3n) is 6.25. The molecule has 4 aliphatic carbocycles. The summed E-state index contributed by atoms with van der Waals surface area (Å²) in [6.45, 7) is 3.87. The van der Waals surface area contributed by atoms with E-state index < -0.39 is 0 Å². The van der Waals surface area contributed by atoms with Gasteiger partial charge in [-0.1, -0.05) is 13.8 Å². The quantitative estimate of drug-likeness (QED) is 0.680. The van der Waals surface area contributed by atoms with Crippen LogP contribution < -0.4 is 0 Å². The Morgan fingerprint density at radius 3 is 3.12 bits per heavy atom. The standard InChI is InChI=1S/C13H14O4/c1-3-5(2)9(14)16-12-7-4-6-8-11(7,12)13(8,12)17-10(6)15/h5-8H,3-4H2,1-2H3. The second-order valence-corrected chi connectivity index (χ2v) is 6.36. The Labute approximate surface area is 98.6 Å². The van der Waals surface area contributed by atoms with E-state index in [2.05, 4.69) is 0 Å². The van der Waals surface area contributed by atoms with Crippen LogP contribution in [0.25, 0.3) is 0 Å². The lowest BCUT2D eigenvalue weighted by molar-refractivity contribution is -0.165. The van der Waals surface area contributed by atoms with Gasteiger partial charge < -0.3 is 9.47 Å². The predicted octanol–water partition coefficient (Wildman–Crippen LogP) is 0.890. The summed E-state index contributed by atoms with van der Waals surface area (Å²) < 4.78 is 11.2. The Hall–Kier alpha value is -1.06. The van der Waals surface area contributed by atoms with Crippen molar-refractivity contribution >= 4 is 11.9 Å². The van der Waals surface area contributed by atoms with E-state index >= 15 is 0 Å². The molecule has 0 aromatic heterocycles. The number of fused-ring (bicyclic) bond motifs is 1. The van der Waals surface area contributed by atoms with E-state index in [-0.39, 0.29) is 40.4 Å². The first-order valence-electron chi connectivity index (χ1n) is 6.55. The molecular weight excluding hydrogens is 220 g/mol. The molecule has 5 fully saturated rings. The molecule has 0 N–H and O–H groups in total. The molecule has 4 heteroatoms. The number of rotatable bonds is 3. The molecule has 1 heterocycles. The van der Waals surface area contributed by atoms with Crippen molar-refractivity contribution < 1.29 is 19.1 Å². The van der Waals surface area contributed by atoms with Crippen LogP contribution in [0.5, 0.6) is 0 Å². The summed E-state index contributed by atoms with van der Waals surface area (Å²) in [7, 11) is 0. The molecule has 1 aliphatic heterocycles. The molecule has 7 atom stereocenters. The first kappa shape index (κ1) is 8.95. The van der Waals surface area contributed by atoms with Gasteiger partial charge in [-0.3, -0.25) is 9.59 Å². The van der Waals surface area contributed by atoms with Gasteiger partial charge in [-0.2, -0.15) is 0 Å². The van der Waals surface area contributed by atoms with Crippen LogP contribution in [-0.2, 0) is 19.1 Å².